The zero-order valence-electron chi connectivity index (χ0n) is 18.8. The van der Waals surface area contributed by atoms with Crippen molar-refractivity contribution in [2.45, 2.75) is 43.2 Å². The van der Waals surface area contributed by atoms with E-state index in [-0.39, 0.29) is 27.9 Å². The van der Waals surface area contributed by atoms with Crippen molar-refractivity contribution in [3.63, 3.8) is 0 Å². The normalized spacial score (nSPS) is 18.1. The van der Waals surface area contributed by atoms with Crippen LogP contribution in [0.5, 0.6) is 5.88 Å². The first kappa shape index (κ1) is 23.7. The van der Waals surface area contributed by atoms with Crippen molar-refractivity contribution in [3.8, 4) is 17.0 Å². The van der Waals surface area contributed by atoms with Crippen LogP contribution in [0.2, 0.25) is 5.02 Å². The van der Waals surface area contributed by atoms with Gasteiger partial charge in [0.05, 0.1) is 23.3 Å². The van der Waals surface area contributed by atoms with E-state index in [1.54, 1.807) is 25.1 Å². The standard InChI is InChI=1S/C23H23ClFN5O4S/c1-13-8-17(35(32,33)29-15-2-3-15)4-5-18(13)14-9-20(25)27-21(10-14)34-16-6-7-30(12-16)19-11-26-28-23(31)22(19)24/h4-5,8-11,15-16,29H,2-3,6-7,12H2,1H3,(H,28,31)/t16-/m1/s1. The molecule has 3 heterocycles. The van der Waals surface area contributed by atoms with Gasteiger partial charge in [-0.05, 0) is 48.6 Å². The molecule has 35 heavy (non-hydrogen) atoms. The van der Waals surface area contributed by atoms with Crippen LogP contribution >= 0.6 is 11.6 Å². The first-order valence-corrected chi connectivity index (χ1v) is 13.0. The number of aryl methyl sites for hydroxylation is 1. The van der Waals surface area contributed by atoms with Gasteiger partial charge in [0, 0.05) is 31.1 Å². The van der Waals surface area contributed by atoms with Crippen LogP contribution in [0.4, 0.5) is 10.1 Å². The molecule has 1 aliphatic heterocycles. The monoisotopic (exact) mass is 519 g/mol. The molecule has 1 aromatic carbocycles. The van der Waals surface area contributed by atoms with Gasteiger partial charge in [-0.2, -0.15) is 14.5 Å². The Balaban J connectivity index is 1.34. The molecule has 3 aromatic rings. The third kappa shape index (κ3) is 5.16. The van der Waals surface area contributed by atoms with Gasteiger partial charge in [0.15, 0.2) is 0 Å². The second kappa shape index (κ2) is 9.21. The van der Waals surface area contributed by atoms with Crippen molar-refractivity contribution < 1.29 is 17.5 Å². The lowest BCUT2D eigenvalue weighted by Crippen LogP contribution is -2.26. The van der Waals surface area contributed by atoms with Crippen LogP contribution in [-0.4, -0.2) is 48.8 Å². The number of pyridine rings is 1. The Morgan fingerprint density at radius 2 is 2.03 bits per heavy atom. The molecule has 0 spiro atoms. The SMILES string of the molecule is Cc1cc(S(=O)(=O)NC2CC2)ccc1-c1cc(F)nc(O[C@@H]2CCN(c3cn[nH]c(=O)c3Cl)C2)c1. The van der Waals surface area contributed by atoms with Crippen molar-refractivity contribution in [2.24, 2.45) is 0 Å². The maximum absolute atomic E-state index is 14.4. The first-order chi connectivity index (χ1) is 16.7. The number of halogens is 2. The van der Waals surface area contributed by atoms with E-state index in [1.165, 1.54) is 18.3 Å². The predicted molar refractivity (Wildman–Crippen MR) is 129 cm³/mol. The lowest BCUT2D eigenvalue weighted by atomic mass is 10.0. The molecule has 1 saturated heterocycles. The van der Waals surface area contributed by atoms with E-state index in [1.807, 2.05) is 4.90 Å². The summed E-state index contributed by atoms with van der Waals surface area (Å²) in [6, 6.07) is 7.68. The highest BCUT2D eigenvalue weighted by molar-refractivity contribution is 7.89. The molecule has 184 valence electrons. The number of hydrogen-bond acceptors (Lipinski definition) is 7. The molecule has 12 heteroatoms. The highest BCUT2D eigenvalue weighted by Crippen LogP contribution is 2.31. The van der Waals surface area contributed by atoms with Crippen LogP contribution in [0.1, 0.15) is 24.8 Å². The van der Waals surface area contributed by atoms with Gasteiger partial charge in [0.25, 0.3) is 5.56 Å². The molecule has 0 amide bonds. The van der Waals surface area contributed by atoms with Crippen LogP contribution in [0.3, 0.4) is 0 Å². The van der Waals surface area contributed by atoms with Gasteiger partial charge in [-0.25, -0.2) is 18.2 Å². The van der Waals surface area contributed by atoms with Crippen molar-refractivity contribution in [1.82, 2.24) is 19.9 Å². The Kier molecular flexibility index (Phi) is 6.24. The number of nitrogens with zero attached hydrogens (tertiary/aromatic N) is 3. The fraction of sp³-hybridized carbons (Fsp3) is 0.348. The molecule has 9 nitrogen and oxygen atoms in total. The third-order valence-corrected chi connectivity index (χ3v) is 7.92. The number of aromatic nitrogens is 3. The first-order valence-electron chi connectivity index (χ1n) is 11.2. The summed E-state index contributed by atoms with van der Waals surface area (Å²) < 4.78 is 48.1. The summed E-state index contributed by atoms with van der Waals surface area (Å²) in [4.78, 5) is 17.7. The van der Waals surface area contributed by atoms with E-state index in [4.69, 9.17) is 16.3 Å². The largest absolute Gasteiger partial charge is 0.472 e. The summed E-state index contributed by atoms with van der Waals surface area (Å²) in [5, 5.41) is 6.14. The Bertz CT molecular complexity index is 1440. The van der Waals surface area contributed by atoms with Gasteiger partial charge >= 0.3 is 0 Å². The van der Waals surface area contributed by atoms with Gasteiger partial charge in [0.1, 0.15) is 11.1 Å². The zero-order valence-corrected chi connectivity index (χ0v) is 20.4. The molecular formula is C23H23ClFN5O4S. The van der Waals surface area contributed by atoms with E-state index in [2.05, 4.69) is 19.9 Å². The number of hydrogen-bond donors (Lipinski definition) is 2. The summed E-state index contributed by atoms with van der Waals surface area (Å²) in [5.41, 5.74) is 1.93. The second-order valence-electron chi connectivity index (χ2n) is 8.76. The summed E-state index contributed by atoms with van der Waals surface area (Å²) in [6.45, 7) is 2.79. The molecule has 1 saturated carbocycles. The van der Waals surface area contributed by atoms with Crippen molar-refractivity contribution >= 4 is 27.3 Å². The lowest BCUT2D eigenvalue weighted by Gasteiger charge is -2.19. The predicted octanol–water partition coefficient (Wildman–Crippen LogP) is 3.03. The molecule has 2 N–H and O–H groups in total. The van der Waals surface area contributed by atoms with Gasteiger partial charge < -0.3 is 9.64 Å². The molecule has 0 unspecified atom stereocenters. The highest BCUT2D eigenvalue weighted by atomic mass is 35.5. The van der Waals surface area contributed by atoms with Crippen molar-refractivity contribution in [3.05, 3.63) is 63.4 Å². The fourth-order valence-corrected chi connectivity index (χ4v) is 5.71. The third-order valence-electron chi connectivity index (χ3n) is 6.04. The average Bonchev–Trinajstić information content (AvgIpc) is 3.49. The number of aromatic amines is 1. The maximum Gasteiger partial charge on any atom is 0.285 e. The quantitative estimate of drug-likeness (QED) is 0.461. The molecular weight excluding hydrogens is 497 g/mol. The molecule has 5 rings (SSSR count). The minimum absolute atomic E-state index is 0.00960. The van der Waals surface area contributed by atoms with E-state index in [0.29, 0.717) is 41.9 Å². The van der Waals surface area contributed by atoms with Gasteiger partial charge in [-0.3, -0.25) is 4.79 Å². The lowest BCUT2D eigenvalue weighted by molar-refractivity contribution is 0.213. The highest BCUT2D eigenvalue weighted by Gasteiger charge is 2.29. The molecule has 1 atom stereocenters. The topological polar surface area (TPSA) is 117 Å². The molecule has 2 aliphatic rings. The van der Waals surface area contributed by atoms with Gasteiger partial charge in [-0.1, -0.05) is 17.7 Å². The average molecular weight is 520 g/mol. The fourth-order valence-electron chi connectivity index (χ4n) is 4.11. The Labute approximate surface area is 206 Å². The van der Waals surface area contributed by atoms with E-state index >= 15 is 0 Å². The summed E-state index contributed by atoms with van der Waals surface area (Å²) in [7, 11) is -3.59. The number of nitrogens with one attached hydrogen (secondary N) is 2. The Morgan fingerprint density at radius 3 is 2.77 bits per heavy atom. The second-order valence-corrected chi connectivity index (χ2v) is 10.9. The van der Waals surface area contributed by atoms with Crippen LogP contribution in [0.25, 0.3) is 11.1 Å². The molecule has 2 aromatic heterocycles. The molecule has 0 radical (unpaired) electrons. The number of rotatable bonds is 7. The zero-order chi connectivity index (χ0) is 24.7. The van der Waals surface area contributed by atoms with Crippen molar-refractivity contribution in [2.75, 3.05) is 18.0 Å². The van der Waals surface area contributed by atoms with E-state index in [0.717, 1.165) is 12.8 Å². The van der Waals surface area contributed by atoms with E-state index in [9.17, 15) is 17.6 Å². The maximum atomic E-state index is 14.4. The number of H-pyrrole nitrogens is 1. The molecule has 1 aliphatic carbocycles. The van der Waals surface area contributed by atoms with Crippen LogP contribution in [0.15, 0.2) is 46.2 Å². The number of benzene rings is 1. The molecule has 0 bridgehead atoms. The summed E-state index contributed by atoms with van der Waals surface area (Å²) in [5.74, 6) is -0.589. The smallest absolute Gasteiger partial charge is 0.285 e. The Hall–Kier alpha value is -3.02. The van der Waals surface area contributed by atoms with Crippen LogP contribution < -0.4 is 19.9 Å². The van der Waals surface area contributed by atoms with E-state index < -0.39 is 21.5 Å². The van der Waals surface area contributed by atoms with Gasteiger partial charge in [0.2, 0.25) is 21.9 Å². The number of sulfonamides is 1. The minimum atomic E-state index is -3.59. The summed E-state index contributed by atoms with van der Waals surface area (Å²) >= 11 is 6.10. The Morgan fingerprint density at radius 1 is 1.23 bits per heavy atom. The molecule has 2 fully saturated rings. The number of anilines is 1. The van der Waals surface area contributed by atoms with Crippen LogP contribution in [0, 0.1) is 12.9 Å². The van der Waals surface area contributed by atoms with Gasteiger partial charge in [-0.15, -0.1) is 0 Å². The number of ether oxygens (including phenoxy) is 1. The summed E-state index contributed by atoms with van der Waals surface area (Å²) in [6.07, 6.45) is 3.51. The van der Waals surface area contributed by atoms with Crippen molar-refractivity contribution in [1.29, 1.82) is 0 Å². The minimum Gasteiger partial charge on any atom is -0.472 e. The van der Waals surface area contributed by atoms with Crippen LogP contribution in [-0.2, 0) is 10.0 Å².